The summed E-state index contributed by atoms with van der Waals surface area (Å²) in [5.41, 5.74) is 2.23. The number of nitrogens with zero attached hydrogens (tertiary/aromatic N) is 6. The third kappa shape index (κ3) is 27.3. The number of ether oxygens (including phenoxy) is 1. The highest BCUT2D eigenvalue weighted by Gasteiger charge is 2.34. The van der Waals surface area contributed by atoms with Gasteiger partial charge in [0.05, 0.1) is 65.0 Å². The van der Waals surface area contributed by atoms with Gasteiger partial charge in [-0.2, -0.15) is 0 Å². The molecule has 4 aromatic rings. The number of aromatic amines is 1. The molecule has 0 aliphatic carbocycles. The number of aryl methyl sites for hydroxylation is 3. The van der Waals surface area contributed by atoms with E-state index in [4.69, 9.17) is 14.7 Å². The largest absolute Gasteiger partial charge is 0.494 e. The number of aliphatic carboxylic acids is 3. The molecule has 3 heterocycles. The maximum atomic E-state index is 13.6. The number of amides is 5. The molecular formula is C54H82N14O21S3. The van der Waals surface area contributed by atoms with Crippen LogP contribution >= 0.6 is 33.7 Å². The molecule has 2 aromatic heterocycles. The van der Waals surface area contributed by atoms with Crippen molar-refractivity contribution in [2.45, 2.75) is 63.2 Å². The van der Waals surface area contributed by atoms with Gasteiger partial charge >= 0.3 is 17.9 Å². The number of fused-ring (bicyclic) bond motifs is 1. The molecule has 0 saturated carbocycles. The Balaban J connectivity index is 0.00000893. The molecule has 3 atom stereocenters. The summed E-state index contributed by atoms with van der Waals surface area (Å²) >= 11 is 1.04. The molecule has 1 aliphatic rings. The van der Waals surface area contributed by atoms with Gasteiger partial charge in [-0.05, 0) is 79.7 Å². The van der Waals surface area contributed by atoms with E-state index in [9.17, 15) is 85.8 Å². The summed E-state index contributed by atoms with van der Waals surface area (Å²) in [5, 5.41) is 44.4. The van der Waals surface area contributed by atoms with E-state index in [-0.39, 0.29) is 90.5 Å². The van der Waals surface area contributed by atoms with Gasteiger partial charge in [0, 0.05) is 131 Å². The smallest absolute Gasteiger partial charge is 0.323 e. The molecule has 512 valence electrons. The highest BCUT2D eigenvalue weighted by atomic mass is 32.3. The van der Waals surface area contributed by atoms with Crippen molar-refractivity contribution in [3.8, 4) is 5.75 Å². The number of carbonyl (C=O) groups is 8. The Morgan fingerprint density at radius 1 is 0.707 bits per heavy atom. The molecule has 0 spiro atoms. The number of carboxylic acid groups (broad SMARTS) is 3. The highest BCUT2D eigenvalue weighted by molar-refractivity contribution is 8.19. The van der Waals surface area contributed by atoms with Crippen molar-refractivity contribution >= 4 is 98.0 Å². The zero-order valence-electron chi connectivity index (χ0n) is 51.0. The van der Waals surface area contributed by atoms with Gasteiger partial charge in [0.2, 0.25) is 29.1 Å². The predicted molar refractivity (Wildman–Crippen MR) is 343 cm³/mol. The molecule has 2 aromatic carbocycles. The van der Waals surface area contributed by atoms with Crippen LogP contribution in [0.5, 0.6) is 5.75 Å². The number of benzene rings is 2. The van der Waals surface area contributed by atoms with Crippen LogP contribution in [0, 0.1) is 23.8 Å². The van der Waals surface area contributed by atoms with Crippen LogP contribution in [0.3, 0.4) is 0 Å². The average molecular weight is 1360 g/mol. The van der Waals surface area contributed by atoms with Crippen LogP contribution in [-0.2, 0) is 47.2 Å². The molecule has 35 nitrogen and oxygen atoms in total. The summed E-state index contributed by atoms with van der Waals surface area (Å²) in [6, 6.07) is 3.53. The van der Waals surface area contributed by atoms with E-state index >= 15 is 0 Å². The number of hydrogen-bond donors (Lipinski definition) is 17. The van der Waals surface area contributed by atoms with Crippen LogP contribution in [-0.4, -0.2) is 259 Å². The molecule has 5 rings (SSSR count). The van der Waals surface area contributed by atoms with Crippen molar-refractivity contribution < 1.29 is 85.7 Å². The second-order valence-corrected chi connectivity index (χ2v) is 25.3. The Hall–Kier alpha value is -7.57. The quantitative estimate of drug-likeness (QED) is 0.0225. The summed E-state index contributed by atoms with van der Waals surface area (Å²) in [5.74, 6) is -9.17. The number of H-pyrrole nitrogens is 1. The number of carboxylic acids is 3. The zero-order chi connectivity index (χ0) is 68.3. The normalized spacial score (nSPS) is 15.4. The van der Waals surface area contributed by atoms with Crippen molar-refractivity contribution in [3.63, 3.8) is 0 Å². The molecule has 1 saturated heterocycles. The fourth-order valence-electron chi connectivity index (χ4n) is 9.40. The minimum atomic E-state index is -4.51. The molecule has 1 aliphatic heterocycles. The Morgan fingerprint density at radius 2 is 1.26 bits per heavy atom. The third-order valence-corrected chi connectivity index (χ3v) is 16.9. The van der Waals surface area contributed by atoms with Gasteiger partial charge in [-0.1, -0.05) is 13.0 Å². The van der Waals surface area contributed by atoms with Gasteiger partial charge in [0.25, 0.3) is 5.91 Å². The van der Waals surface area contributed by atoms with Gasteiger partial charge in [-0.3, -0.25) is 57.9 Å². The van der Waals surface area contributed by atoms with E-state index in [0.29, 0.717) is 60.2 Å². The molecule has 0 radical (unpaired) electrons. The second kappa shape index (κ2) is 37.8. The van der Waals surface area contributed by atoms with Gasteiger partial charge < -0.3 is 93.7 Å². The van der Waals surface area contributed by atoms with Crippen LogP contribution in [0.25, 0.3) is 10.9 Å². The minimum absolute atomic E-state index is 0.0207. The van der Waals surface area contributed by atoms with Crippen LogP contribution in [0.4, 0.5) is 5.95 Å². The van der Waals surface area contributed by atoms with Crippen molar-refractivity contribution in [1.29, 1.82) is 0 Å². The molecular weight excluding hydrogens is 1280 g/mol. The number of carbonyl (C=O) groups excluding carboxylic acids is 5. The first-order chi connectivity index (χ1) is 43.5. The van der Waals surface area contributed by atoms with Gasteiger partial charge in [0.15, 0.2) is 5.95 Å². The second-order valence-electron chi connectivity index (χ2n) is 21.3. The van der Waals surface area contributed by atoms with Crippen LogP contribution < -0.4 is 46.8 Å². The molecule has 17 N–H and O–H groups in total. The van der Waals surface area contributed by atoms with Crippen molar-refractivity contribution in [1.82, 2.24) is 65.4 Å². The number of aromatic nitrogens is 3. The van der Waals surface area contributed by atoms with Crippen molar-refractivity contribution in [2.75, 3.05) is 122 Å². The molecule has 92 heavy (non-hydrogen) atoms. The van der Waals surface area contributed by atoms with Crippen LogP contribution in [0.2, 0.25) is 0 Å². The summed E-state index contributed by atoms with van der Waals surface area (Å²) in [4.78, 5) is 144. The molecule has 38 heteroatoms. The Labute approximate surface area is 535 Å². The van der Waals surface area contributed by atoms with Crippen molar-refractivity contribution in [2.24, 2.45) is 7.05 Å². The summed E-state index contributed by atoms with van der Waals surface area (Å²) in [7, 11) is -7.31. The van der Waals surface area contributed by atoms with E-state index in [2.05, 4.69) is 46.6 Å². The highest BCUT2D eigenvalue weighted by Crippen LogP contribution is 2.35. The molecule has 0 unspecified atom stereocenters. The third-order valence-electron chi connectivity index (χ3n) is 14.0. The standard InChI is InChI=1S/C54H82N14O19S3.O2/c1-5-65-14-16-66(18-19-68(31-47(73)74)21-20-67(17-15-65)30-46(71)72)29-45(70)61-42(33-90(84,85)86)52(78)62-41(32-89(81,82)83)51(77)56-11-10-55-44(69)7-6-22-87-37-23-34(2)49(35(3)24-37)88-63-40(53(79)80)27-59-50(76)39-28-64(4)43-25-36(8-9-38(43)48(39)75)26-60-54-57-12-13-58-54;1-2/h8-9,12-13,23-25,28,40-42,63,81-86H,5-7,10-11,14-22,26-27,29-33H2,1-4H3,(H,55,69)(H,56,77)(H,59,76)(H,61,70)(H,62,78)(H,71,72)(H,73,74)(H,79,80)(H2,57,58,60);/t40-,41-,42-;/m0./s1. The van der Waals surface area contributed by atoms with Gasteiger partial charge in [-0.15, -0.1) is 0 Å². The first kappa shape index (κ1) is 76.9. The van der Waals surface area contributed by atoms with Gasteiger partial charge in [-0.25, -0.2) is 9.71 Å². The van der Waals surface area contributed by atoms with Gasteiger partial charge in [0.1, 0.15) is 29.4 Å². The maximum Gasteiger partial charge on any atom is 0.323 e. The van der Waals surface area contributed by atoms with E-state index in [1.807, 2.05) is 17.9 Å². The fourth-order valence-corrected chi connectivity index (χ4v) is 11.7. The first-order valence-corrected chi connectivity index (χ1v) is 32.8. The number of pyridine rings is 1. The summed E-state index contributed by atoms with van der Waals surface area (Å²) in [6.45, 7) is 6.83. The predicted octanol–water partition coefficient (Wildman–Crippen LogP) is 0.256. The number of nitrogens with one attached hydrogen (secondary N) is 8. The first-order valence-electron chi connectivity index (χ1n) is 28.6. The monoisotopic (exact) mass is 1360 g/mol. The topological polar surface area (TPSA) is 510 Å². The zero-order valence-corrected chi connectivity index (χ0v) is 53.5. The average Bonchev–Trinajstić information content (AvgIpc) is 0.822. The lowest BCUT2D eigenvalue weighted by molar-refractivity contribution is -0.140. The van der Waals surface area contributed by atoms with Crippen molar-refractivity contribution in [3.05, 3.63) is 91.3 Å². The number of likely N-dealkylation sites (N-methyl/N-ethyl adjacent to an activating group) is 1. The number of anilines is 1. The Morgan fingerprint density at radius 3 is 1.79 bits per heavy atom. The van der Waals surface area contributed by atoms with Crippen LogP contribution in [0.1, 0.15) is 46.8 Å². The number of rotatable bonds is 33. The summed E-state index contributed by atoms with van der Waals surface area (Å²) < 4.78 is 70.0. The Kier molecular flexibility index (Phi) is 31.6. The molecule has 0 bridgehead atoms. The lowest BCUT2D eigenvalue weighted by atomic mass is 10.1. The van der Waals surface area contributed by atoms with E-state index in [0.717, 1.165) is 28.6 Å². The van der Waals surface area contributed by atoms with Crippen LogP contribution in [0.15, 0.2) is 58.6 Å². The van der Waals surface area contributed by atoms with E-state index in [1.165, 1.54) is 6.20 Å². The fraction of sp³-hybridized carbons (Fsp3) is 0.519. The number of imidazole rings is 1. The molecule has 5 amide bonds. The van der Waals surface area contributed by atoms with E-state index < -0.39 is 111 Å². The Bertz CT molecular complexity index is 3170. The maximum absolute atomic E-state index is 13.6. The molecule has 1 fully saturated rings. The lowest BCUT2D eigenvalue weighted by Gasteiger charge is -2.33. The SMILES string of the molecule is CCN1CCN(CC(=O)O)CCN(CC(=O)O)CCN(CC(=O)N[C@@H](CS(O)(O)O)C(=O)N[C@@H](CS(O)(O)O)C(=O)NCCNC(=O)CCCOc2cc(C)c(SN[C@@H](CNC(=O)c3cn(C)c4cc(CNc5ncc[nH]5)ccc4c3=O)C(=O)O)c(C)c2)CC1.O=O. The minimum Gasteiger partial charge on any atom is -0.494 e. The number of hydrogen-bond acceptors (Lipinski definition) is 26. The summed E-state index contributed by atoms with van der Waals surface area (Å²) in [6.07, 6.45) is 4.92. The lowest BCUT2D eigenvalue weighted by Crippen LogP contribution is -2.58. The van der Waals surface area contributed by atoms with E-state index in [1.54, 1.807) is 76.8 Å².